The Kier molecular flexibility index (Phi) is 4.97. The van der Waals surface area contributed by atoms with E-state index in [1.165, 1.54) is 34.2 Å². The summed E-state index contributed by atoms with van der Waals surface area (Å²) < 4.78 is 1.34. The molecule has 1 heterocycles. The highest BCUT2D eigenvalue weighted by molar-refractivity contribution is 7.19. The molecule has 1 aromatic carbocycles. The highest BCUT2D eigenvalue weighted by Gasteiger charge is 2.09. The first-order valence-electron chi connectivity index (χ1n) is 6.66. The number of hydrogen-bond donors (Lipinski definition) is 1. The van der Waals surface area contributed by atoms with Crippen LogP contribution < -0.4 is 5.73 Å². The van der Waals surface area contributed by atoms with Crippen LogP contribution in [0.25, 0.3) is 10.1 Å². The van der Waals surface area contributed by atoms with Gasteiger partial charge in [-0.15, -0.1) is 17.9 Å². The van der Waals surface area contributed by atoms with E-state index in [9.17, 15) is 0 Å². The van der Waals surface area contributed by atoms with Gasteiger partial charge in [0.1, 0.15) is 0 Å². The minimum absolute atomic E-state index is 0.200. The van der Waals surface area contributed by atoms with Gasteiger partial charge in [-0.05, 0) is 36.8 Å². The second-order valence-corrected chi connectivity index (χ2v) is 5.84. The Morgan fingerprint density at radius 2 is 2.06 bits per heavy atom. The molecule has 0 aliphatic heterocycles. The highest BCUT2D eigenvalue weighted by Crippen LogP contribution is 2.30. The Balaban J connectivity index is 1.88. The van der Waals surface area contributed by atoms with Crippen molar-refractivity contribution < 1.29 is 0 Å². The first-order valence-corrected chi connectivity index (χ1v) is 7.48. The van der Waals surface area contributed by atoms with Crippen molar-refractivity contribution in [2.75, 3.05) is 0 Å². The average molecular weight is 259 g/mol. The van der Waals surface area contributed by atoms with Crippen molar-refractivity contribution in [2.24, 2.45) is 5.73 Å². The van der Waals surface area contributed by atoms with Gasteiger partial charge in [0.25, 0.3) is 0 Å². The van der Waals surface area contributed by atoms with Crippen LogP contribution in [0.15, 0.2) is 43.0 Å². The van der Waals surface area contributed by atoms with Crippen LogP contribution in [0.2, 0.25) is 0 Å². The third-order valence-corrected chi connectivity index (χ3v) is 4.48. The number of rotatable bonds is 7. The van der Waals surface area contributed by atoms with Gasteiger partial charge >= 0.3 is 0 Å². The van der Waals surface area contributed by atoms with Crippen LogP contribution >= 0.6 is 11.3 Å². The molecule has 2 heteroatoms. The predicted molar refractivity (Wildman–Crippen MR) is 82.0 cm³/mol. The summed E-state index contributed by atoms with van der Waals surface area (Å²) in [6, 6.07) is 10.9. The molecule has 2 rings (SSSR count). The van der Waals surface area contributed by atoms with Gasteiger partial charge in [0.2, 0.25) is 0 Å². The summed E-state index contributed by atoms with van der Waals surface area (Å²) in [6.07, 6.45) is 7.91. The average Bonchev–Trinajstić information content (AvgIpc) is 2.82. The minimum atomic E-state index is 0.200. The van der Waals surface area contributed by atoms with Crippen molar-refractivity contribution in [3.63, 3.8) is 0 Å². The van der Waals surface area contributed by atoms with Gasteiger partial charge in [0.15, 0.2) is 0 Å². The molecule has 0 bridgehead atoms. The van der Waals surface area contributed by atoms with E-state index in [0.29, 0.717) is 0 Å². The van der Waals surface area contributed by atoms with Crippen LogP contribution in [0, 0.1) is 0 Å². The third kappa shape index (κ3) is 3.44. The Labute approximate surface area is 113 Å². The molecule has 0 saturated carbocycles. The van der Waals surface area contributed by atoms with E-state index in [-0.39, 0.29) is 6.04 Å². The number of allylic oxidation sites excluding steroid dienone is 1. The molecule has 1 nitrogen and oxygen atoms in total. The predicted octanol–water partition coefficient (Wildman–Crippen LogP) is 5.04. The molecule has 0 aliphatic carbocycles. The maximum atomic E-state index is 6.26. The lowest BCUT2D eigenvalue weighted by Crippen LogP contribution is -2.07. The maximum Gasteiger partial charge on any atom is 0.0390 e. The summed E-state index contributed by atoms with van der Waals surface area (Å²) in [7, 11) is 0. The number of unbranched alkanes of at least 4 members (excludes halogenated alkanes) is 3. The van der Waals surface area contributed by atoms with Crippen molar-refractivity contribution in [1.82, 2.24) is 0 Å². The summed E-state index contributed by atoms with van der Waals surface area (Å²) >= 11 is 1.83. The standard InChI is InChI=1S/C16H21NS/c1-2-3-4-5-6-10-14(17)16-12-13-9-7-8-11-15(13)18-16/h2,7-9,11-12,14H,1,3-6,10,17H2. The fourth-order valence-corrected chi connectivity index (χ4v) is 3.26. The molecule has 0 fully saturated rings. The third-order valence-electron chi connectivity index (χ3n) is 3.23. The molecule has 1 aromatic heterocycles. The molecular weight excluding hydrogens is 238 g/mol. The molecule has 1 atom stereocenters. The zero-order valence-electron chi connectivity index (χ0n) is 10.8. The summed E-state index contributed by atoms with van der Waals surface area (Å²) in [4.78, 5) is 1.32. The summed E-state index contributed by atoms with van der Waals surface area (Å²) in [6.45, 7) is 3.74. The van der Waals surface area contributed by atoms with Crippen LogP contribution in [0.1, 0.15) is 43.0 Å². The van der Waals surface area contributed by atoms with Gasteiger partial charge in [-0.3, -0.25) is 0 Å². The van der Waals surface area contributed by atoms with E-state index >= 15 is 0 Å². The van der Waals surface area contributed by atoms with E-state index in [2.05, 4.69) is 36.9 Å². The zero-order chi connectivity index (χ0) is 12.8. The van der Waals surface area contributed by atoms with E-state index in [1.807, 2.05) is 17.4 Å². The van der Waals surface area contributed by atoms with Crippen LogP contribution in [-0.2, 0) is 0 Å². The maximum absolute atomic E-state index is 6.26. The quantitative estimate of drug-likeness (QED) is 0.547. The van der Waals surface area contributed by atoms with Crippen LogP contribution in [-0.4, -0.2) is 0 Å². The first kappa shape index (κ1) is 13.3. The second-order valence-electron chi connectivity index (χ2n) is 4.72. The highest BCUT2D eigenvalue weighted by atomic mass is 32.1. The van der Waals surface area contributed by atoms with E-state index in [4.69, 9.17) is 5.73 Å². The van der Waals surface area contributed by atoms with Crippen LogP contribution in [0.3, 0.4) is 0 Å². The van der Waals surface area contributed by atoms with Crippen molar-refractivity contribution >= 4 is 21.4 Å². The number of thiophene rings is 1. The van der Waals surface area contributed by atoms with Crippen molar-refractivity contribution in [3.8, 4) is 0 Å². The SMILES string of the molecule is C=CCCCCCC(N)c1cc2ccccc2s1. The monoisotopic (exact) mass is 259 g/mol. The molecule has 0 saturated heterocycles. The Morgan fingerprint density at radius 3 is 2.83 bits per heavy atom. The number of nitrogens with two attached hydrogens (primary N) is 1. The number of hydrogen-bond acceptors (Lipinski definition) is 2. The summed E-state index contributed by atoms with van der Waals surface area (Å²) in [5.74, 6) is 0. The van der Waals surface area contributed by atoms with Crippen LogP contribution in [0.5, 0.6) is 0 Å². The Hall–Kier alpha value is -1.12. The van der Waals surface area contributed by atoms with E-state index in [0.717, 1.165) is 12.8 Å². The smallest absolute Gasteiger partial charge is 0.0390 e. The van der Waals surface area contributed by atoms with Crippen LogP contribution in [0.4, 0.5) is 0 Å². The molecule has 0 spiro atoms. The van der Waals surface area contributed by atoms with Crippen molar-refractivity contribution in [3.05, 3.63) is 47.9 Å². The van der Waals surface area contributed by atoms with E-state index in [1.54, 1.807) is 0 Å². The number of benzene rings is 1. The largest absolute Gasteiger partial charge is 0.323 e. The van der Waals surface area contributed by atoms with Gasteiger partial charge in [-0.2, -0.15) is 0 Å². The second kappa shape index (κ2) is 6.72. The molecule has 2 N–H and O–H groups in total. The van der Waals surface area contributed by atoms with Gasteiger partial charge in [0, 0.05) is 15.6 Å². The number of fused-ring (bicyclic) bond motifs is 1. The Morgan fingerprint density at radius 1 is 1.22 bits per heavy atom. The molecule has 96 valence electrons. The topological polar surface area (TPSA) is 26.0 Å². The Bertz CT molecular complexity index is 468. The lowest BCUT2D eigenvalue weighted by Gasteiger charge is -2.08. The van der Waals surface area contributed by atoms with Gasteiger partial charge in [-0.25, -0.2) is 0 Å². The normalized spacial score (nSPS) is 12.7. The fraction of sp³-hybridized carbons (Fsp3) is 0.375. The molecule has 0 aliphatic rings. The van der Waals surface area contributed by atoms with Gasteiger partial charge in [0.05, 0.1) is 0 Å². The lowest BCUT2D eigenvalue weighted by molar-refractivity contribution is 0.578. The van der Waals surface area contributed by atoms with Gasteiger partial charge in [-0.1, -0.05) is 37.1 Å². The first-order chi connectivity index (χ1) is 8.81. The molecule has 1 unspecified atom stereocenters. The molecule has 18 heavy (non-hydrogen) atoms. The summed E-state index contributed by atoms with van der Waals surface area (Å²) in [5, 5.41) is 1.32. The lowest BCUT2D eigenvalue weighted by atomic mass is 10.1. The minimum Gasteiger partial charge on any atom is -0.323 e. The molecular formula is C16H21NS. The van der Waals surface area contributed by atoms with Crippen molar-refractivity contribution in [2.45, 2.75) is 38.1 Å². The fourth-order valence-electron chi connectivity index (χ4n) is 2.16. The summed E-state index contributed by atoms with van der Waals surface area (Å²) in [5.41, 5.74) is 6.26. The zero-order valence-corrected chi connectivity index (χ0v) is 11.6. The van der Waals surface area contributed by atoms with Gasteiger partial charge < -0.3 is 5.73 Å². The molecule has 0 amide bonds. The van der Waals surface area contributed by atoms with Crippen molar-refractivity contribution in [1.29, 1.82) is 0 Å². The van der Waals surface area contributed by atoms with E-state index < -0.39 is 0 Å². The molecule has 2 aromatic rings. The molecule has 0 radical (unpaired) electrons.